The van der Waals surface area contributed by atoms with Crippen LogP contribution in [0.3, 0.4) is 0 Å². The average Bonchev–Trinajstić information content (AvgIpc) is 2.38. The van der Waals surface area contributed by atoms with E-state index in [9.17, 15) is 10.2 Å². The molecule has 0 bridgehead atoms. The van der Waals surface area contributed by atoms with Crippen molar-refractivity contribution in [2.75, 3.05) is 13.2 Å². The summed E-state index contributed by atoms with van der Waals surface area (Å²) in [6, 6.07) is 0. The minimum atomic E-state index is -1.20. The molecule has 19 heavy (non-hydrogen) atoms. The lowest BCUT2D eigenvalue weighted by Crippen LogP contribution is -2.58. The molecule has 1 aliphatic heterocycles. The van der Waals surface area contributed by atoms with E-state index in [1.807, 2.05) is 6.92 Å². The molecule has 0 saturated carbocycles. The van der Waals surface area contributed by atoms with Gasteiger partial charge in [0.25, 0.3) is 0 Å². The van der Waals surface area contributed by atoms with Gasteiger partial charge in [-0.15, -0.1) is 0 Å². The Bertz CT molecular complexity index is 236. The second-order valence-corrected chi connectivity index (χ2v) is 5.10. The first-order valence-electron chi connectivity index (χ1n) is 7.36. The van der Waals surface area contributed by atoms with Gasteiger partial charge in [-0.1, -0.05) is 26.7 Å². The fourth-order valence-corrected chi connectivity index (χ4v) is 2.15. The number of hydrogen-bond acceptors (Lipinski definition) is 5. The van der Waals surface area contributed by atoms with Gasteiger partial charge in [0.15, 0.2) is 6.29 Å². The number of rotatable bonds is 8. The first-order valence-corrected chi connectivity index (χ1v) is 7.36. The van der Waals surface area contributed by atoms with E-state index in [-0.39, 0.29) is 12.2 Å². The maximum absolute atomic E-state index is 10.0. The Balaban J connectivity index is 2.57. The lowest BCUT2D eigenvalue weighted by atomic mass is 9.99. The molecular weight excluding hydrogens is 248 g/mol. The van der Waals surface area contributed by atoms with Crippen molar-refractivity contribution >= 4 is 0 Å². The van der Waals surface area contributed by atoms with Crippen LogP contribution in [0.25, 0.3) is 0 Å². The van der Waals surface area contributed by atoms with Crippen LogP contribution < -0.4 is 0 Å². The Morgan fingerprint density at radius 1 is 0.947 bits per heavy atom. The molecule has 0 spiro atoms. The molecule has 0 aromatic carbocycles. The second kappa shape index (κ2) is 8.87. The van der Waals surface area contributed by atoms with Crippen molar-refractivity contribution in [2.24, 2.45) is 0 Å². The van der Waals surface area contributed by atoms with E-state index in [0.29, 0.717) is 13.2 Å². The van der Waals surface area contributed by atoms with E-state index in [2.05, 4.69) is 13.8 Å². The summed E-state index contributed by atoms with van der Waals surface area (Å²) in [5.41, 5.74) is 0. The van der Waals surface area contributed by atoms with E-state index >= 15 is 0 Å². The third kappa shape index (κ3) is 5.00. The van der Waals surface area contributed by atoms with E-state index < -0.39 is 18.5 Å². The van der Waals surface area contributed by atoms with Gasteiger partial charge in [0.05, 0.1) is 6.10 Å². The van der Waals surface area contributed by atoms with Crippen LogP contribution in [0.4, 0.5) is 0 Å². The van der Waals surface area contributed by atoms with Gasteiger partial charge in [0.2, 0.25) is 0 Å². The van der Waals surface area contributed by atoms with Gasteiger partial charge in [-0.05, 0) is 19.8 Å². The van der Waals surface area contributed by atoms with Crippen LogP contribution in [0, 0.1) is 0 Å². The highest BCUT2D eigenvalue weighted by molar-refractivity contribution is 4.89. The minimum Gasteiger partial charge on any atom is -0.385 e. The van der Waals surface area contributed by atoms with Crippen LogP contribution in [0.5, 0.6) is 0 Å². The Kier molecular flexibility index (Phi) is 7.87. The van der Waals surface area contributed by atoms with Crippen molar-refractivity contribution in [1.82, 2.24) is 0 Å². The van der Waals surface area contributed by atoms with Crippen LogP contribution in [-0.4, -0.2) is 54.1 Å². The smallest absolute Gasteiger partial charge is 0.183 e. The van der Waals surface area contributed by atoms with Gasteiger partial charge < -0.3 is 24.4 Å². The van der Waals surface area contributed by atoms with Gasteiger partial charge in [0.1, 0.15) is 18.3 Å². The lowest BCUT2D eigenvalue weighted by Gasteiger charge is -2.41. The Hall–Kier alpha value is -0.200. The number of unbranched alkanes of at least 4 members (excludes halogenated alkanes) is 2. The number of aliphatic hydroxyl groups is 2. The summed E-state index contributed by atoms with van der Waals surface area (Å²) in [6.45, 7) is 7.19. The molecule has 1 aliphatic rings. The average molecular weight is 276 g/mol. The van der Waals surface area contributed by atoms with Crippen molar-refractivity contribution < 1.29 is 24.4 Å². The topological polar surface area (TPSA) is 68.2 Å². The van der Waals surface area contributed by atoms with Crippen molar-refractivity contribution in [3.63, 3.8) is 0 Å². The summed E-state index contributed by atoms with van der Waals surface area (Å²) in [4.78, 5) is 0. The summed E-state index contributed by atoms with van der Waals surface area (Å²) < 4.78 is 16.8. The monoisotopic (exact) mass is 276 g/mol. The maximum atomic E-state index is 10.0. The molecule has 2 N–H and O–H groups in total. The number of ether oxygens (including phenoxy) is 3. The zero-order chi connectivity index (χ0) is 14.3. The minimum absolute atomic E-state index is 0.290. The van der Waals surface area contributed by atoms with Crippen LogP contribution >= 0.6 is 0 Å². The molecule has 114 valence electrons. The van der Waals surface area contributed by atoms with Crippen LogP contribution in [0.2, 0.25) is 0 Å². The molecule has 3 unspecified atom stereocenters. The molecule has 0 aliphatic carbocycles. The van der Waals surface area contributed by atoms with Crippen molar-refractivity contribution in [2.45, 2.75) is 77.2 Å². The Labute approximate surface area is 115 Å². The summed E-state index contributed by atoms with van der Waals surface area (Å²) in [5, 5.41) is 19.7. The standard InChI is InChI=1S/C14H28O5/c1-4-6-8-17-12-10(3)19-14(16)11(15)13(12)18-9-7-5-2/h10-16H,4-9H2,1-3H3/t10?,11-,12-,13?,14?/m0/s1. The van der Waals surface area contributed by atoms with Gasteiger partial charge in [-0.25, -0.2) is 0 Å². The first-order chi connectivity index (χ1) is 9.11. The van der Waals surface area contributed by atoms with Crippen LogP contribution in [0.1, 0.15) is 46.5 Å². The molecular formula is C14H28O5. The zero-order valence-corrected chi connectivity index (χ0v) is 12.2. The third-order valence-electron chi connectivity index (χ3n) is 3.39. The van der Waals surface area contributed by atoms with Crippen molar-refractivity contribution in [3.05, 3.63) is 0 Å². The molecule has 0 aromatic heterocycles. The van der Waals surface area contributed by atoms with Gasteiger partial charge in [0, 0.05) is 13.2 Å². The Morgan fingerprint density at radius 2 is 1.47 bits per heavy atom. The molecule has 1 heterocycles. The highest BCUT2D eigenvalue weighted by Gasteiger charge is 2.44. The summed E-state index contributed by atoms with van der Waals surface area (Å²) in [7, 11) is 0. The first kappa shape index (κ1) is 16.9. The van der Waals surface area contributed by atoms with Crippen LogP contribution in [0.15, 0.2) is 0 Å². The second-order valence-electron chi connectivity index (χ2n) is 5.10. The molecule has 0 aromatic rings. The molecule has 5 heteroatoms. The van der Waals surface area contributed by atoms with E-state index in [1.54, 1.807) is 0 Å². The van der Waals surface area contributed by atoms with Crippen molar-refractivity contribution in [3.8, 4) is 0 Å². The third-order valence-corrected chi connectivity index (χ3v) is 3.39. The lowest BCUT2D eigenvalue weighted by molar-refractivity contribution is -0.293. The summed E-state index contributed by atoms with van der Waals surface area (Å²) in [6.07, 6.45) is 0.561. The highest BCUT2D eigenvalue weighted by atomic mass is 16.7. The van der Waals surface area contributed by atoms with Gasteiger partial charge in [-0.3, -0.25) is 0 Å². The zero-order valence-electron chi connectivity index (χ0n) is 12.2. The fourth-order valence-electron chi connectivity index (χ4n) is 2.15. The van der Waals surface area contributed by atoms with Crippen molar-refractivity contribution in [1.29, 1.82) is 0 Å². The van der Waals surface area contributed by atoms with E-state index in [4.69, 9.17) is 14.2 Å². The molecule has 1 rings (SSSR count). The van der Waals surface area contributed by atoms with E-state index in [1.165, 1.54) is 0 Å². The van der Waals surface area contributed by atoms with Crippen LogP contribution in [-0.2, 0) is 14.2 Å². The fraction of sp³-hybridized carbons (Fsp3) is 1.00. The molecule has 5 atom stereocenters. The predicted octanol–water partition coefficient (Wildman–Crippen LogP) is 1.45. The SMILES string of the molecule is CCCCOC1[C@H](O)C(O)OC(C)[C@@H]1OCCCC. The summed E-state index contributed by atoms with van der Waals surface area (Å²) >= 11 is 0. The molecule has 5 nitrogen and oxygen atoms in total. The highest BCUT2D eigenvalue weighted by Crippen LogP contribution is 2.25. The maximum Gasteiger partial charge on any atom is 0.183 e. The molecule has 1 fully saturated rings. The molecule has 1 saturated heterocycles. The molecule has 0 amide bonds. The number of hydrogen-bond donors (Lipinski definition) is 2. The van der Waals surface area contributed by atoms with Gasteiger partial charge in [-0.2, -0.15) is 0 Å². The Morgan fingerprint density at radius 3 is 2.00 bits per heavy atom. The molecule has 0 radical (unpaired) electrons. The predicted molar refractivity (Wildman–Crippen MR) is 71.9 cm³/mol. The van der Waals surface area contributed by atoms with Gasteiger partial charge >= 0.3 is 0 Å². The normalized spacial score (nSPS) is 35.5. The number of aliphatic hydroxyl groups excluding tert-OH is 2. The largest absolute Gasteiger partial charge is 0.385 e. The summed E-state index contributed by atoms with van der Waals surface area (Å²) in [5.74, 6) is 0. The van der Waals surface area contributed by atoms with E-state index in [0.717, 1.165) is 25.7 Å². The quantitative estimate of drug-likeness (QED) is 0.657.